The Balaban J connectivity index is 2.86. The second-order valence-corrected chi connectivity index (χ2v) is 4.82. The van der Waals surface area contributed by atoms with Crippen molar-refractivity contribution in [3.8, 4) is 0 Å². The number of rotatable bonds is 2. The van der Waals surface area contributed by atoms with E-state index in [-0.39, 0.29) is 11.2 Å². The van der Waals surface area contributed by atoms with Crippen molar-refractivity contribution in [2.75, 3.05) is 0 Å². The SMILES string of the molecule is CC(=O)C=Cc1ccc(C(C)(C)C)cc1. The fourth-order valence-electron chi connectivity index (χ4n) is 1.31. The third-order valence-electron chi connectivity index (χ3n) is 2.29. The molecule has 1 heteroatoms. The first-order valence-electron chi connectivity index (χ1n) is 5.19. The molecule has 0 atom stereocenters. The maximum atomic E-state index is 10.8. The van der Waals surface area contributed by atoms with E-state index in [1.165, 1.54) is 5.56 Å². The molecule has 0 N–H and O–H groups in total. The summed E-state index contributed by atoms with van der Waals surface area (Å²) in [6, 6.07) is 8.31. The van der Waals surface area contributed by atoms with Gasteiger partial charge in [0, 0.05) is 0 Å². The lowest BCUT2D eigenvalue weighted by Gasteiger charge is -2.18. The van der Waals surface area contributed by atoms with Gasteiger partial charge in [0.05, 0.1) is 0 Å². The summed E-state index contributed by atoms with van der Waals surface area (Å²) in [6.45, 7) is 8.12. The number of hydrogen-bond acceptors (Lipinski definition) is 1. The van der Waals surface area contributed by atoms with Crippen LogP contribution in [0.5, 0.6) is 0 Å². The monoisotopic (exact) mass is 202 g/mol. The van der Waals surface area contributed by atoms with Crippen molar-refractivity contribution in [3.05, 3.63) is 41.5 Å². The van der Waals surface area contributed by atoms with Gasteiger partial charge in [0.2, 0.25) is 0 Å². The molecule has 1 rings (SSSR count). The second-order valence-electron chi connectivity index (χ2n) is 4.82. The van der Waals surface area contributed by atoms with Crippen LogP contribution in [0.15, 0.2) is 30.3 Å². The Morgan fingerprint density at radius 2 is 1.67 bits per heavy atom. The zero-order valence-electron chi connectivity index (χ0n) is 9.87. The minimum absolute atomic E-state index is 0.0786. The van der Waals surface area contributed by atoms with Crippen LogP contribution in [0.2, 0.25) is 0 Å². The van der Waals surface area contributed by atoms with Gasteiger partial charge in [-0.3, -0.25) is 4.79 Å². The van der Waals surface area contributed by atoms with Crippen molar-refractivity contribution in [1.82, 2.24) is 0 Å². The second kappa shape index (κ2) is 4.43. The highest BCUT2D eigenvalue weighted by Gasteiger charge is 2.12. The maximum Gasteiger partial charge on any atom is 0.152 e. The number of carbonyl (C=O) groups excluding carboxylic acids is 1. The zero-order valence-corrected chi connectivity index (χ0v) is 9.87. The average molecular weight is 202 g/mol. The lowest BCUT2D eigenvalue weighted by molar-refractivity contribution is -0.112. The minimum atomic E-state index is 0.0786. The highest BCUT2D eigenvalue weighted by Crippen LogP contribution is 2.22. The molecule has 0 spiro atoms. The van der Waals surface area contributed by atoms with E-state index in [4.69, 9.17) is 0 Å². The van der Waals surface area contributed by atoms with E-state index in [0.717, 1.165) is 5.56 Å². The van der Waals surface area contributed by atoms with Crippen LogP contribution in [0.1, 0.15) is 38.8 Å². The summed E-state index contributed by atoms with van der Waals surface area (Å²) in [5.41, 5.74) is 2.56. The number of benzene rings is 1. The first-order chi connectivity index (χ1) is 6.89. The molecule has 0 aliphatic rings. The van der Waals surface area contributed by atoms with Gasteiger partial charge in [-0.05, 0) is 29.5 Å². The van der Waals surface area contributed by atoms with Crippen LogP contribution in [0, 0.1) is 0 Å². The molecule has 0 aliphatic carbocycles. The zero-order chi connectivity index (χ0) is 11.5. The highest BCUT2D eigenvalue weighted by molar-refractivity contribution is 5.91. The van der Waals surface area contributed by atoms with E-state index in [2.05, 4.69) is 32.9 Å². The molecule has 1 aromatic carbocycles. The van der Waals surface area contributed by atoms with E-state index in [0.29, 0.717) is 0 Å². The quantitative estimate of drug-likeness (QED) is 0.670. The molecule has 0 radical (unpaired) electrons. The average Bonchev–Trinajstić information content (AvgIpc) is 2.14. The Morgan fingerprint density at radius 1 is 1.13 bits per heavy atom. The van der Waals surface area contributed by atoms with Crippen LogP contribution in [0.4, 0.5) is 0 Å². The van der Waals surface area contributed by atoms with Crippen molar-refractivity contribution in [1.29, 1.82) is 0 Å². The first-order valence-corrected chi connectivity index (χ1v) is 5.19. The van der Waals surface area contributed by atoms with Crippen LogP contribution < -0.4 is 0 Å². The fourth-order valence-corrected chi connectivity index (χ4v) is 1.31. The molecule has 1 nitrogen and oxygen atoms in total. The molecule has 0 aliphatic heterocycles. The summed E-state index contributed by atoms with van der Waals surface area (Å²) in [5, 5.41) is 0. The molecular weight excluding hydrogens is 184 g/mol. The van der Waals surface area contributed by atoms with Gasteiger partial charge in [0.15, 0.2) is 5.78 Å². The first kappa shape index (κ1) is 11.7. The standard InChI is InChI=1S/C14H18O/c1-11(15)5-6-12-7-9-13(10-8-12)14(2,3)4/h5-10H,1-4H3. The van der Waals surface area contributed by atoms with E-state index >= 15 is 0 Å². The lowest BCUT2D eigenvalue weighted by atomic mass is 9.87. The van der Waals surface area contributed by atoms with Gasteiger partial charge in [-0.15, -0.1) is 0 Å². The Hall–Kier alpha value is -1.37. The number of ketones is 1. The summed E-state index contributed by atoms with van der Waals surface area (Å²) in [5.74, 6) is 0.0786. The molecule has 1 aromatic rings. The smallest absolute Gasteiger partial charge is 0.152 e. The number of carbonyl (C=O) groups is 1. The number of allylic oxidation sites excluding steroid dienone is 1. The summed E-state index contributed by atoms with van der Waals surface area (Å²) in [6.07, 6.45) is 3.43. The van der Waals surface area contributed by atoms with Gasteiger partial charge in [-0.2, -0.15) is 0 Å². The van der Waals surface area contributed by atoms with Crippen molar-refractivity contribution in [2.45, 2.75) is 33.1 Å². The predicted octanol–water partition coefficient (Wildman–Crippen LogP) is 3.59. The van der Waals surface area contributed by atoms with Gasteiger partial charge >= 0.3 is 0 Å². The maximum absolute atomic E-state index is 10.8. The van der Waals surface area contributed by atoms with Crippen molar-refractivity contribution >= 4 is 11.9 Å². The van der Waals surface area contributed by atoms with E-state index in [1.54, 1.807) is 13.0 Å². The topological polar surface area (TPSA) is 17.1 Å². The van der Waals surface area contributed by atoms with Gasteiger partial charge in [-0.1, -0.05) is 51.1 Å². The fraction of sp³-hybridized carbons (Fsp3) is 0.357. The Morgan fingerprint density at radius 3 is 2.07 bits per heavy atom. The van der Waals surface area contributed by atoms with Crippen molar-refractivity contribution < 1.29 is 4.79 Å². The third-order valence-corrected chi connectivity index (χ3v) is 2.29. The van der Waals surface area contributed by atoms with Crippen molar-refractivity contribution in [2.24, 2.45) is 0 Å². The Bertz CT molecular complexity index is 363. The van der Waals surface area contributed by atoms with Crippen LogP contribution in [0.3, 0.4) is 0 Å². The molecule has 15 heavy (non-hydrogen) atoms. The molecule has 0 bridgehead atoms. The normalized spacial score (nSPS) is 12.0. The van der Waals surface area contributed by atoms with Gasteiger partial charge in [-0.25, -0.2) is 0 Å². The predicted molar refractivity (Wildman–Crippen MR) is 64.9 cm³/mol. The van der Waals surface area contributed by atoms with E-state index in [9.17, 15) is 4.79 Å². The molecule has 0 heterocycles. The molecular formula is C14H18O. The Labute approximate surface area is 91.8 Å². The largest absolute Gasteiger partial charge is 0.295 e. The van der Waals surface area contributed by atoms with Crippen LogP contribution in [-0.4, -0.2) is 5.78 Å². The molecule has 0 aromatic heterocycles. The minimum Gasteiger partial charge on any atom is -0.295 e. The molecule has 0 fully saturated rings. The van der Waals surface area contributed by atoms with Gasteiger partial charge in [0.1, 0.15) is 0 Å². The Kier molecular flexibility index (Phi) is 3.46. The van der Waals surface area contributed by atoms with Crippen LogP contribution in [0.25, 0.3) is 6.08 Å². The summed E-state index contributed by atoms with van der Waals surface area (Å²) in [4.78, 5) is 10.8. The van der Waals surface area contributed by atoms with E-state index < -0.39 is 0 Å². The van der Waals surface area contributed by atoms with Crippen LogP contribution in [-0.2, 0) is 10.2 Å². The van der Waals surface area contributed by atoms with E-state index in [1.807, 2.05) is 18.2 Å². The summed E-state index contributed by atoms with van der Waals surface area (Å²) in [7, 11) is 0. The van der Waals surface area contributed by atoms with Gasteiger partial charge in [0.25, 0.3) is 0 Å². The number of hydrogen-bond donors (Lipinski definition) is 0. The highest BCUT2D eigenvalue weighted by atomic mass is 16.1. The molecule has 0 amide bonds. The van der Waals surface area contributed by atoms with Gasteiger partial charge < -0.3 is 0 Å². The lowest BCUT2D eigenvalue weighted by Crippen LogP contribution is -2.10. The molecule has 0 saturated heterocycles. The summed E-state index contributed by atoms with van der Waals surface area (Å²) >= 11 is 0. The molecule has 0 saturated carbocycles. The van der Waals surface area contributed by atoms with Crippen LogP contribution >= 0.6 is 0 Å². The molecule has 80 valence electrons. The summed E-state index contributed by atoms with van der Waals surface area (Å²) < 4.78 is 0. The van der Waals surface area contributed by atoms with Crippen molar-refractivity contribution in [3.63, 3.8) is 0 Å². The third kappa shape index (κ3) is 3.70. The molecule has 0 unspecified atom stereocenters.